The average Bonchev–Trinajstić information content (AvgIpc) is 2.78. The van der Waals surface area contributed by atoms with Crippen LogP contribution in [0.5, 0.6) is 0 Å². The van der Waals surface area contributed by atoms with E-state index in [1.807, 2.05) is 11.4 Å². The maximum atomic E-state index is 12.3. The minimum atomic E-state index is -0.553. The van der Waals surface area contributed by atoms with Crippen LogP contribution in [0.4, 0.5) is 0 Å². The van der Waals surface area contributed by atoms with Crippen molar-refractivity contribution in [3.05, 3.63) is 20.8 Å². The van der Waals surface area contributed by atoms with Crippen LogP contribution < -0.4 is 11.1 Å². The smallest absolute Gasteiger partial charge is 0.263 e. The predicted octanol–water partition coefficient (Wildman–Crippen LogP) is 1.99. The Morgan fingerprint density at radius 2 is 2.21 bits per heavy atom. The molecule has 7 heteroatoms. The first kappa shape index (κ1) is 14.9. The third-order valence-corrected chi connectivity index (χ3v) is 5.72. The fraction of sp³-hybridized carbons (Fsp3) is 0.500. The van der Waals surface area contributed by atoms with Gasteiger partial charge in [0.05, 0.1) is 10.5 Å². The van der Waals surface area contributed by atoms with Gasteiger partial charge in [-0.1, -0.05) is 12.2 Å². The van der Waals surface area contributed by atoms with Gasteiger partial charge in [-0.25, -0.2) is 0 Å². The van der Waals surface area contributed by atoms with Crippen molar-refractivity contribution in [2.75, 3.05) is 20.1 Å². The van der Waals surface area contributed by atoms with Gasteiger partial charge in [-0.05, 0) is 47.3 Å². The summed E-state index contributed by atoms with van der Waals surface area (Å²) >= 11 is 9.96. The van der Waals surface area contributed by atoms with Crippen molar-refractivity contribution in [3.8, 4) is 0 Å². The summed E-state index contributed by atoms with van der Waals surface area (Å²) in [6, 6.07) is 1.86. The highest BCUT2D eigenvalue weighted by atomic mass is 79.9. The lowest BCUT2D eigenvalue weighted by Gasteiger charge is -2.40. The zero-order chi connectivity index (χ0) is 14.0. The van der Waals surface area contributed by atoms with Crippen LogP contribution in [0.3, 0.4) is 0 Å². The molecule has 0 spiro atoms. The van der Waals surface area contributed by atoms with Crippen LogP contribution in [-0.4, -0.2) is 41.5 Å². The van der Waals surface area contributed by atoms with Crippen molar-refractivity contribution >= 4 is 50.4 Å². The molecule has 0 radical (unpaired) electrons. The van der Waals surface area contributed by atoms with Crippen LogP contribution in [0, 0.1) is 0 Å². The van der Waals surface area contributed by atoms with E-state index >= 15 is 0 Å². The summed E-state index contributed by atoms with van der Waals surface area (Å²) in [6.45, 7) is 1.76. The van der Waals surface area contributed by atoms with Crippen LogP contribution >= 0.6 is 39.5 Å². The van der Waals surface area contributed by atoms with Crippen LogP contribution in [-0.2, 0) is 0 Å². The predicted molar refractivity (Wildman–Crippen MR) is 85.7 cm³/mol. The number of nitrogens with one attached hydrogen (secondary N) is 1. The number of thiophene rings is 1. The second kappa shape index (κ2) is 5.87. The molecule has 1 aliphatic heterocycles. The normalized spacial score (nSPS) is 19.1. The number of piperidine rings is 1. The first-order chi connectivity index (χ1) is 8.94. The summed E-state index contributed by atoms with van der Waals surface area (Å²) in [7, 11) is 2.06. The standard InChI is InChI=1S/C12H16BrN3OS2/c1-16-5-3-12(4-6-16,11(14)18)15-10(17)9-8(13)2-7-19-9/h2,7H,3-6H2,1H3,(H2,14,18)(H,15,17). The summed E-state index contributed by atoms with van der Waals surface area (Å²) < 4.78 is 0.806. The summed E-state index contributed by atoms with van der Waals surface area (Å²) in [5, 5.41) is 4.92. The molecule has 0 atom stereocenters. The number of carbonyl (C=O) groups is 1. The molecule has 0 saturated carbocycles. The third-order valence-electron chi connectivity index (χ3n) is 3.49. The Morgan fingerprint density at radius 3 is 2.68 bits per heavy atom. The van der Waals surface area contributed by atoms with E-state index in [0.29, 0.717) is 9.87 Å². The van der Waals surface area contributed by atoms with Crippen molar-refractivity contribution < 1.29 is 4.79 Å². The van der Waals surface area contributed by atoms with E-state index in [4.69, 9.17) is 18.0 Å². The van der Waals surface area contributed by atoms with Crippen molar-refractivity contribution in [1.29, 1.82) is 0 Å². The van der Waals surface area contributed by atoms with Crippen LogP contribution in [0.1, 0.15) is 22.5 Å². The van der Waals surface area contributed by atoms with Gasteiger partial charge >= 0.3 is 0 Å². The van der Waals surface area contributed by atoms with Crippen LogP contribution in [0.2, 0.25) is 0 Å². The second-order valence-corrected chi connectivity index (χ2v) is 7.01. The Bertz CT molecular complexity index is 495. The van der Waals surface area contributed by atoms with Crippen molar-refractivity contribution in [2.45, 2.75) is 18.4 Å². The molecule has 1 amide bonds. The van der Waals surface area contributed by atoms with Crippen molar-refractivity contribution in [2.24, 2.45) is 5.73 Å². The summed E-state index contributed by atoms with van der Waals surface area (Å²) in [4.78, 5) is 15.6. The first-order valence-electron chi connectivity index (χ1n) is 5.98. The highest BCUT2D eigenvalue weighted by molar-refractivity contribution is 9.10. The monoisotopic (exact) mass is 361 g/mol. The molecule has 4 nitrogen and oxygen atoms in total. The molecule has 19 heavy (non-hydrogen) atoms. The van der Waals surface area contributed by atoms with Gasteiger partial charge in [0.2, 0.25) is 0 Å². The molecule has 1 fully saturated rings. The van der Waals surface area contributed by atoms with Gasteiger partial charge in [-0.2, -0.15) is 0 Å². The van der Waals surface area contributed by atoms with Crippen LogP contribution in [0.25, 0.3) is 0 Å². The topological polar surface area (TPSA) is 58.4 Å². The number of nitrogens with zero attached hydrogens (tertiary/aromatic N) is 1. The Morgan fingerprint density at radius 1 is 1.58 bits per heavy atom. The number of amides is 1. The highest BCUT2D eigenvalue weighted by Crippen LogP contribution is 2.26. The minimum absolute atomic E-state index is 0.112. The number of nitrogens with two attached hydrogens (primary N) is 1. The van der Waals surface area contributed by atoms with E-state index in [2.05, 4.69) is 33.2 Å². The second-order valence-electron chi connectivity index (χ2n) is 4.80. The summed E-state index contributed by atoms with van der Waals surface area (Å²) in [6.07, 6.45) is 1.52. The third kappa shape index (κ3) is 3.16. The number of halogens is 1. The molecular formula is C12H16BrN3OS2. The SMILES string of the molecule is CN1CCC(NC(=O)c2sccc2Br)(C(N)=S)CC1. The Balaban J connectivity index is 2.16. The number of hydrogen-bond acceptors (Lipinski definition) is 4. The molecule has 2 heterocycles. The minimum Gasteiger partial charge on any atom is -0.391 e. The number of carbonyl (C=O) groups excluding carboxylic acids is 1. The fourth-order valence-electron chi connectivity index (χ4n) is 2.16. The lowest BCUT2D eigenvalue weighted by Crippen LogP contribution is -2.61. The van der Waals surface area contributed by atoms with Gasteiger partial charge in [0.1, 0.15) is 4.88 Å². The maximum Gasteiger partial charge on any atom is 0.263 e. The molecular weight excluding hydrogens is 346 g/mol. The van der Waals surface area contributed by atoms with Crippen molar-refractivity contribution in [3.63, 3.8) is 0 Å². The maximum absolute atomic E-state index is 12.3. The van der Waals surface area contributed by atoms with E-state index < -0.39 is 5.54 Å². The first-order valence-corrected chi connectivity index (χ1v) is 8.07. The van der Waals surface area contributed by atoms with Crippen molar-refractivity contribution in [1.82, 2.24) is 10.2 Å². The van der Waals surface area contributed by atoms with Gasteiger partial charge in [-0.15, -0.1) is 11.3 Å². The molecule has 1 aromatic rings. The summed E-state index contributed by atoms with van der Waals surface area (Å²) in [5.41, 5.74) is 5.32. The fourth-order valence-corrected chi connectivity index (χ4v) is 3.86. The molecule has 3 N–H and O–H groups in total. The molecule has 0 aliphatic carbocycles. The number of rotatable bonds is 3. The molecule has 1 saturated heterocycles. The lowest BCUT2D eigenvalue weighted by atomic mass is 9.87. The highest BCUT2D eigenvalue weighted by Gasteiger charge is 2.38. The molecule has 0 aromatic carbocycles. The Labute approximate surface area is 130 Å². The van der Waals surface area contributed by atoms with E-state index in [9.17, 15) is 4.79 Å². The number of likely N-dealkylation sites (tertiary alicyclic amines) is 1. The Hall–Kier alpha value is -0.500. The van der Waals surface area contributed by atoms with Gasteiger partial charge in [-0.3, -0.25) is 4.79 Å². The quantitative estimate of drug-likeness (QED) is 0.808. The zero-order valence-corrected chi connectivity index (χ0v) is 13.8. The lowest BCUT2D eigenvalue weighted by molar-refractivity contribution is 0.0893. The molecule has 1 aromatic heterocycles. The zero-order valence-electron chi connectivity index (χ0n) is 10.6. The molecule has 0 unspecified atom stereocenters. The van der Waals surface area contributed by atoms with E-state index in [1.165, 1.54) is 11.3 Å². The number of thiocarbonyl (C=S) groups is 1. The van der Waals surface area contributed by atoms with Gasteiger partial charge in [0.25, 0.3) is 5.91 Å². The van der Waals surface area contributed by atoms with E-state index in [1.54, 1.807) is 0 Å². The van der Waals surface area contributed by atoms with Gasteiger partial charge < -0.3 is 16.0 Å². The van der Waals surface area contributed by atoms with E-state index in [-0.39, 0.29) is 5.91 Å². The molecule has 1 aliphatic rings. The average molecular weight is 362 g/mol. The molecule has 2 rings (SSSR count). The summed E-state index contributed by atoms with van der Waals surface area (Å²) in [5.74, 6) is -0.112. The van der Waals surface area contributed by atoms with Gasteiger partial charge in [0, 0.05) is 17.6 Å². The van der Waals surface area contributed by atoms with E-state index in [0.717, 1.165) is 30.4 Å². The largest absolute Gasteiger partial charge is 0.391 e. The number of hydrogen-bond donors (Lipinski definition) is 2. The van der Waals surface area contributed by atoms with Crippen LogP contribution in [0.15, 0.2) is 15.9 Å². The Kier molecular flexibility index (Phi) is 4.60. The van der Waals surface area contributed by atoms with Gasteiger partial charge in [0.15, 0.2) is 0 Å². The molecule has 0 bridgehead atoms. The molecule has 104 valence electrons.